The minimum atomic E-state index is -3.71. The fourth-order valence-corrected chi connectivity index (χ4v) is 3.18. The van der Waals surface area contributed by atoms with Crippen LogP contribution in [0, 0.1) is 0 Å². The topological polar surface area (TPSA) is 63.7 Å². The third-order valence-electron chi connectivity index (χ3n) is 3.23. The maximum atomic E-state index is 12.6. The van der Waals surface area contributed by atoms with E-state index in [1.807, 2.05) is 0 Å². The minimum absolute atomic E-state index is 0.0761. The average molecular weight is 366 g/mol. The van der Waals surface area contributed by atoms with E-state index in [1.54, 1.807) is 30.3 Å². The first-order valence-electron chi connectivity index (χ1n) is 6.97. The van der Waals surface area contributed by atoms with E-state index in [0.29, 0.717) is 5.69 Å². The molecule has 0 bridgehead atoms. The van der Waals surface area contributed by atoms with Gasteiger partial charge in [0.2, 0.25) is 0 Å². The van der Waals surface area contributed by atoms with Crippen molar-refractivity contribution in [2.45, 2.75) is 4.90 Å². The van der Waals surface area contributed by atoms with Crippen LogP contribution in [0.4, 0.5) is 5.69 Å². The number of esters is 1. The van der Waals surface area contributed by atoms with Crippen molar-refractivity contribution in [3.05, 3.63) is 71.8 Å². The van der Waals surface area contributed by atoms with Crippen LogP contribution in [-0.2, 0) is 14.8 Å². The van der Waals surface area contributed by atoms with Crippen LogP contribution in [0.25, 0.3) is 0 Å². The quantitative estimate of drug-likeness (QED) is 0.736. The average Bonchev–Trinajstić information content (AvgIpc) is 2.59. The van der Waals surface area contributed by atoms with Gasteiger partial charge in [0, 0.05) is 12.1 Å². The first-order chi connectivity index (χ1) is 11.3. The molecule has 2 aromatic rings. The molecule has 0 amide bonds. The van der Waals surface area contributed by atoms with E-state index >= 15 is 0 Å². The Morgan fingerprint density at radius 1 is 1.12 bits per heavy atom. The number of halogens is 1. The first-order valence-corrected chi connectivity index (χ1v) is 8.78. The summed E-state index contributed by atoms with van der Waals surface area (Å²) in [6, 6.07) is 14.2. The molecule has 0 saturated carbocycles. The van der Waals surface area contributed by atoms with Crippen molar-refractivity contribution >= 4 is 33.3 Å². The normalized spacial score (nSPS) is 10.9. The number of ether oxygens (including phenoxy) is 1. The second-order valence-electron chi connectivity index (χ2n) is 4.93. The Morgan fingerprint density at radius 3 is 2.25 bits per heavy atom. The molecule has 0 saturated heterocycles. The third kappa shape index (κ3) is 4.15. The van der Waals surface area contributed by atoms with E-state index in [2.05, 4.69) is 6.58 Å². The van der Waals surface area contributed by atoms with Gasteiger partial charge in [0.1, 0.15) is 6.61 Å². The number of sulfonamides is 1. The van der Waals surface area contributed by atoms with Gasteiger partial charge in [0.05, 0.1) is 16.1 Å². The maximum absolute atomic E-state index is 12.6. The summed E-state index contributed by atoms with van der Waals surface area (Å²) in [5.74, 6) is -0.600. The van der Waals surface area contributed by atoms with Crippen molar-refractivity contribution in [3.63, 3.8) is 0 Å². The highest BCUT2D eigenvalue weighted by Crippen LogP contribution is 2.22. The van der Waals surface area contributed by atoms with Crippen LogP contribution in [0.2, 0.25) is 0 Å². The van der Waals surface area contributed by atoms with Crippen molar-refractivity contribution in [2.75, 3.05) is 18.0 Å². The first kappa shape index (κ1) is 18.0. The zero-order chi connectivity index (χ0) is 17.7. The SMILES string of the molecule is C=C(Cl)COC(=O)c1ccc(S(=O)(=O)N(C)c2ccccc2)cc1. The van der Waals surface area contributed by atoms with E-state index in [4.69, 9.17) is 16.3 Å². The Kier molecular flexibility index (Phi) is 5.64. The van der Waals surface area contributed by atoms with Crippen molar-refractivity contribution in [2.24, 2.45) is 0 Å². The molecule has 0 atom stereocenters. The molecule has 0 heterocycles. The lowest BCUT2D eigenvalue weighted by molar-refractivity contribution is 0.0546. The van der Waals surface area contributed by atoms with E-state index in [1.165, 1.54) is 35.6 Å². The molecule has 2 rings (SSSR count). The number of carbonyl (C=O) groups excluding carboxylic acids is 1. The van der Waals surface area contributed by atoms with E-state index in [0.717, 1.165) is 0 Å². The van der Waals surface area contributed by atoms with E-state index < -0.39 is 16.0 Å². The van der Waals surface area contributed by atoms with Gasteiger partial charge in [0.25, 0.3) is 10.0 Å². The number of anilines is 1. The molecule has 0 aliphatic heterocycles. The van der Waals surface area contributed by atoms with Crippen molar-refractivity contribution < 1.29 is 17.9 Å². The highest BCUT2D eigenvalue weighted by Gasteiger charge is 2.21. The summed E-state index contributed by atoms with van der Waals surface area (Å²) in [5.41, 5.74) is 0.774. The molecule has 126 valence electrons. The van der Waals surface area contributed by atoms with Crippen LogP contribution in [0.15, 0.2) is 71.1 Å². The Bertz CT molecular complexity index is 833. The van der Waals surface area contributed by atoms with Gasteiger partial charge >= 0.3 is 5.97 Å². The molecule has 0 fully saturated rings. The summed E-state index contributed by atoms with van der Waals surface area (Å²) in [6.45, 7) is 3.32. The third-order valence-corrected chi connectivity index (χ3v) is 5.14. The lowest BCUT2D eigenvalue weighted by atomic mass is 10.2. The standard InChI is InChI=1S/C17H16ClNO4S/c1-13(18)12-23-17(20)14-8-10-16(11-9-14)24(21,22)19(2)15-6-4-3-5-7-15/h3-11H,1,12H2,2H3. The monoisotopic (exact) mass is 365 g/mol. The molecule has 7 heteroatoms. The zero-order valence-corrected chi connectivity index (χ0v) is 14.5. The summed E-state index contributed by atoms with van der Waals surface area (Å²) in [7, 11) is -2.24. The molecule has 0 unspecified atom stereocenters. The van der Waals surface area contributed by atoms with Gasteiger partial charge in [-0.25, -0.2) is 13.2 Å². The number of carbonyl (C=O) groups is 1. The predicted octanol–water partition coefficient (Wildman–Crippen LogP) is 3.42. The Labute approximate surface area is 146 Å². The predicted molar refractivity (Wildman–Crippen MR) is 93.7 cm³/mol. The lowest BCUT2D eigenvalue weighted by Gasteiger charge is -2.19. The van der Waals surface area contributed by atoms with E-state index in [9.17, 15) is 13.2 Å². The number of para-hydroxylation sites is 1. The molecular weight excluding hydrogens is 350 g/mol. The van der Waals surface area contributed by atoms with Gasteiger partial charge < -0.3 is 4.74 Å². The van der Waals surface area contributed by atoms with E-state index in [-0.39, 0.29) is 22.1 Å². The minimum Gasteiger partial charge on any atom is -0.456 e. The molecule has 5 nitrogen and oxygen atoms in total. The number of hydrogen-bond donors (Lipinski definition) is 0. The Hall–Kier alpha value is -2.31. The number of nitrogens with zero attached hydrogens (tertiary/aromatic N) is 1. The fourth-order valence-electron chi connectivity index (χ4n) is 1.92. The van der Waals surface area contributed by atoms with Gasteiger partial charge in [-0.3, -0.25) is 4.31 Å². The Balaban J connectivity index is 2.20. The number of rotatable bonds is 6. The smallest absolute Gasteiger partial charge is 0.338 e. The van der Waals surface area contributed by atoms with Crippen LogP contribution in [-0.4, -0.2) is 28.0 Å². The van der Waals surface area contributed by atoms with Gasteiger partial charge in [-0.05, 0) is 36.4 Å². The molecular formula is C17H16ClNO4S. The second kappa shape index (κ2) is 7.51. The van der Waals surface area contributed by atoms with Crippen molar-refractivity contribution in [1.29, 1.82) is 0 Å². The van der Waals surface area contributed by atoms with Gasteiger partial charge in [-0.1, -0.05) is 36.4 Å². The van der Waals surface area contributed by atoms with Crippen LogP contribution in [0.3, 0.4) is 0 Å². The molecule has 0 radical (unpaired) electrons. The van der Waals surface area contributed by atoms with Gasteiger partial charge in [0.15, 0.2) is 0 Å². The lowest BCUT2D eigenvalue weighted by Crippen LogP contribution is -2.26. The Morgan fingerprint density at radius 2 is 1.71 bits per heavy atom. The summed E-state index contributed by atoms with van der Waals surface area (Å²) in [6.07, 6.45) is 0. The molecule has 2 aromatic carbocycles. The van der Waals surface area contributed by atoms with Gasteiger partial charge in [-0.15, -0.1) is 0 Å². The molecule has 0 aromatic heterocycles. The second-order valence-corrected chi connectivity index (χ2v) is 7.43. The summed E-state index contributed by atoms with van der Waals surface area (Å²) < 4.78 is 31.3. The van der Waals surface area contributed by atoms with Crippen LogP contribution in [0.5, 0.6) is 0 Å². The van der Waals surface area contributed by atoms with Crippen LogP contribution < -0.4 is 4.31 Å². The molecule has 0 aliphatic carbocycles. The summed E-state index contributed by atoms with van der Waals surface area (Å²) in [5, 5.41) is 0.201. The molecule has 0 spiro atoms. The number of benzene rings is 2. The summed E-state index contributed by atoms with van der Waals surface area (Å²) >= 11 is 5.53. The van der Waals surface area contributed by atoms with Crippen molar-refractivity contribution in [3.8, 4) is 0 Å². The molecule has 0 aliphatic rings. The molecule has 24 heavy (non-hydrogen) atoms. The zero-order valence-electron chi connectivity index (χ0n) is 13.0. The maximum Gasteiger partial charge on any atom is 0.338 e. The van der Waals surface area contributed by atoms with Gasteiger partial charge in [-0.2, -0.15) is 0 Å². The van der Waals surface area contributed by atoms with Crippen LogP contribution in [0.1, 0.15) is 10.4 Å². The number of hydrogen-bond acceptors (Lipinski definition) is 4. The fraction of sp³-hybridized carbons (Fsp3) is 0.118. The highest BCUT2D eigenvalue weighted by molar-refractivity contribution is 7.92. The summed E-state index contributed by atoms with van der Waals surface area (Å²) in [4.78, 5) is 11.9. The van der Waals surface area contributed by atoms with Crippen LogP contribution >= 0.6 is 11.6 Å². The molecule has 0 N–H and O–H groups in total. The highest BCUT2D eigenvalue weighted by atomic mass is 35.5. The van der Waals surface area contributed by atoms with Crippen molar-refractivity contribution in [1.82, 2.24) is 0 Å². The largest absolute Gasteiger partial charge is 0.456 e.